The van der Waals surface area contributed by atoms with E-state index >= 15 is 0 Å². The Morgan fingerprint density at radius 2 is 2.12 bits per heavy atom. The molecule has 4 heterocycles. The molecule has 2 aliphatic rings. The van der Waals surface area contributed by atoms with Gasteiger partial charge < -0.3 is 15.8 Å². The number of nitrogen functional groups attached to an aromatic ring is 1. The lowest BCUT2D eigenvalue weighted by Gasteiger charge is -2.22. The lowest BCUT2D eigenvalue weighted by molar-refractivity contribution is -0.119. The molecule has 0 bridgehead atoms. The molecule has 1 aliphatic heterocycles. The molecule has 0 unspecified atom stereocenters. The predicted octanol–water partition coefficient (Wildman–Crippen LogP) is 3.86. The molecule has 1 amide bonds. The number of nitrogens with one attached hydrogen (secondary N) is 1. The maximum absolute atomic E-state index is 12.5. The van der Waals surface area contributed by atoms with Crippen molar-refractivity contribution in [2.75, 3.05) is 18.1 Å². The van der Waals surface area contributed by atoms with Crippen molar-refractivity contribution >= 4 is 44.9 Å². The molecular formula is C22H28N6O2S2. The average molecular weight is 473 g/mol. The van der Waals surface area contributed by atoms with E-state index in [0.717, 1.165) is 58.4 Å². The number of nitrogens with zero attached hydrogens (tertiary/aromatic N) is 4. The summed E-state index contributed by atoms with van der Waals surface area (Å²) in [7, 11) is 0. The number of pyridine rings is 1. The van der Waals surface area contributed by atoms with Crippen LogP contribution in [0.2, 0.25) is 0 Å². The third-order valence-electron chi connectivity index (χ3n) is 6.14. The molecule has 1 aliphatic carbocycles. The topological polar surface area (TPSA) is 108 Å². The van der Waals surface area contributed by atoms with Crippen LogP contribution in [0.4, 0.5) is 5.69 Å². The Kier molecular flexibility index (Phi) is 6.61. The van der Waals surface area contributed by atoms with Gasteiger partial charge in [0, 0.05) is 24.2 Å². The SMILES string of the molecule is Nc1c(-c2nnc(SCC(=O)NC3CCCCC3)n2C[C@@H]2CCCO2)sc2ncccc12. The molecule has 3 aromatic rings. The van der Waals surface area contributed by atoms with Gasteiger partial charge in [-0.15, -0.1) is 21.5 Å². The number of amides is 1. The molecule has 3 N–H and O–H groups in total. The van der Waals surface area contributed by atoms with Gasteiger partial charge >= 0.3 is 0 Å². The van der Waals surface area contributed by atoms with Crippen molar-refractivity contribution in [3.8, 4) is 10.7 Å². The summed E-state index contributed by atoms with van der Waals surface area (Å²) in [5.41, 5.74) is 7.14. The fraction of sp³-hybridized carbons (Fsp3) is 0.545. The minimum absolute atomic E-state index is 0.0562. The van der Waals surface area contributed by atoms with Gasteiger partial charge in [-0.25, -0.2) is 4.98 Å². The monoisotopic (exact) mass is 472 g/mol. The fourth-order valence-electron chi connectivity index (χ4n) is 4.48. The normalized spacial score (nSPS) is 19.6. The smallest absolute Gasteiger partial charge is 0.230 e. The highest BCUT2D eigenvalue weighted by atomic mass is 32.2. The number of ether oxygens (including phenoxy) is 1. The van der Waals surface area contributed by atoms with E-state index in [9.17, 15) is 4.79 Å². The highest BCUT2D eigenvalue weighted by Crippen LogP contribution is 2.40. The molecule has 1 saturated carbocycles. The number of hydrogen-bond acceptors (Lipinski definition) is 8. The highest BCUT2D eigenvalue weighted by molar-refractivity contribution is 7.99. The standard InChI is InChI=1S/C22H28N6O2S2/c23-18-16-9-4-10-24-21(16)32-19(18)20-26-27-22(28(20)12-15-8-5-11-30-15)31-13-17(29)25-14-6-2-1-3-7-14/h4,9-10,14-15H,1-3,5-8,11-13,23H2,(H,25,29)/t15-/m0/s1. The van der Waals surface area contributed by atoms with Crippen molar-refractivity contribution in [3.05, 3.63) is 18.3 Å². The number of anilines is 1. The molecule has 32 heavy (non-hydrogen) atoms. The second-order valence-electron chi connectivity index (χ2n) is 8.44. The largest absolute Gasteiger partial charge is 0.397 e. The van der Waals surface area contributed by atoms with Crippen LogP contribution in [-0.2, 0) is 16.1 Å². The lowest BCUT2D eigenvalue weighted by Crippen LogP contribution is -2.37. The fourth-order valence-corrected chi connectivity index (χ4v) is 6.30. The van der Waals surface area contributed by atoms with E-state index in [1.165, 1.54) is 42.4 Å². The van der Waals surface area contributed by atoms with Crippen molar-refractivity contribution in [3.63, 3.8) is 0 Å². The summed E-state index contributed by atoms with van der Waals surface area (Å²) in [6.45, 7) is 1.43. The summed E-state index contributed by atoms with van der Waals surface area (Å²) in [5.74, 6) is 1.10. The molecule has 1 saturated heterocycles. The first-order valence-electron chi connectivity index (χ1n) is 11.3. The molecule has 1 atom stereocenters. The minimum Gasteiger partial charge on any atom is -0.397 e. The summed E-state index contributed by atoms with van der Waals surface area (Å²) < 4.78 is 7.95. The molecule has 170 valence electrons. The Morgan fingerprint density at radius 3 is 2.91 bits per heavy atom. The van der Waals surface area contributed by atoms with Gasteiger partial charge in [-0.1, -0.05) is 31.0 Å². The minimum atomic E-state index is 0.0562. The van der Waals surface area contributed by atoms with Gasteiger partial charge in [0.1, 0.15) is 4.83 Å². The zero-order valence-corrected chi connectivity index (χ0v) is 19.6. The van der Waals surface area contributed by atoms with Crippen LogP contribution in [0, 0.1) is 0 Å². The number of rotatable bonds is 7. The summed E-state index contributed by atoms with van der Waals surface area (Å²) >= 11 is 2.95. The van der Waals surface area contributed by atoms with Crippen LogP contribution >= 0.6 is 23.1 Å². The summed E-state index contributed by atoms with van der Waals surface area (Å²) in [6, 6.07) is 4.17. The number of fused-ring (bicyclic) bond motifs is 1. The summed E-state index contributed by atoms with van der Waals surface area (Å²) in [5, 5.41) is 13.8. The van der Waals surface area contributed by atoms with Gasteiger partial charge in [0.25, 0.3) is 0 Å². The number of carbonyl (C=O) groups excluding carboxylic acids is 1. The molecule has 2 fully saturated rings. The van der Waals surface area contributed by atoms with Gasteiger partial charge in [0.05, 0.1) is 29.0 Å². The first kappa shape index (κ1) is 21.7. The Labute approximate surface area is 195 Å². The quantitative estimate of drug-likeness (QED) is 0.503. The zero-order valence-electron chi connectivity index (χ0n) is 18.0. The summed E-state index contributed by atoms with van der Waals surface area (Å²) in [4.78, 5) is 18.7. The number of carbonyl (C=O) groups is 1. The van der Waals surface area contributed by atoms with E-state index in [4.69, 9.17) is 10.5 Å². The molecule has 8 nitrogen and oxygen atoms in total. The Morgan fingerprint density at radius 1 is 1.25 bits per heavy atom. The molecule has 5 rings (SSSR count). The number of thioether (sulfide) groups is 1. The lowest BCUT2D eigenvalue weighted by atomic mass is 9.95. The average Bonchev–Trinajstić information content (AvgIpc) is 3.54. The van der Waals surface area contributed by atoms with E-state index < -0.39 is 0 Å². The van der Waals surface area contributed by atoms with Gasteiger partial charge in [-0.05, 0) is 37.8 Å². The second-order valence-corrected chi connectivity index (χ2v) is 10.4. The van der Waals surface area contributed by atoms with Crippen LogP contribution in [0.5, 0.6) is 0 Å². The Bertz CT molecular complexity index is 1090. The molecular weight excluding hydrogens is 444 g/mol. The second kappa shape index (κ2) is 9.76. The molecule has 0 radical (unpaired) electrons. The van der Waals surface area contributed by atoms with Crippen molar-refractivity contribution in [2.45, 2.75) is 68.8 Å². The first-order chi connectivity index (χ1) is 15.7. The van der Waals surface area contributed by atoms with Gasteiger partial charge in [0.15, 0.2) is 11.0 Å². The predicted molar refractivity (Wildman–Crippen MR) is 128 cm³/mol. The van der Waals surface area contributed by atoms with Crippen molar-refractivity contribution in [1.29, 1.82) is 0 Å². The molecule has 0 spiro atoms. The van der Waals surface area contributed by atoms with Crippen LogP contribution in [0.15, 0.2) is 23.5 Å². The van der Waals surface area contributed by atoms with Crippen LogP contribution in [0.1, 0.15) is 44.9 Å². The maximum Gasteiger partial charge on any atom is 0.230 e. The van der Waals surface area contributed by atoms with Crippen molar-refractivity contribution in [1.82, 2.24) is 25.1 Å². The zero-order chi connectivity index (χ0) is 21.9. The van der Waals surface area contributed by atoms with E-state index in [-0.39, 0.29) is 12.0 Å². The Hall–Kier alpha value is -2.17. The van der Waals surface area contributed by atoms with E-state index in [1.807, 2.05) is 12.1 Å². The molecule has 3 aromatic heterocycles. The molecule has 0 aromatic carbocycles. The van der Waals surface area contributed by atoms with Crippen LogP contribution in [-0.4, -0.2) is 50.2 Å². The van der Waals surface area contributed by atoms with Gasteiger partial charge in [-0.3, -0.25) is 9.36 Å². The number of thiophene rings is 1. The van der Waals surface area contributed by atoms with E-state index in [0.29, 0.717) is 24.0 Å². The highest BCUT2D eigenvalue weighted by Gasteiger charge is 2.25. The Balaban J connectivity index is 1.37. The third kappa shape index (κ3) is 4.62. The van der Waals surface area contributed by atoms with Crippen molar-refractivity contribution in [2.24, 2.45) is 0 Å². The van der Waals surface area contributed by atoms with Crippen LogP contribution < -0.4 is 11.1 Å². The van der Waals surface area contributed by atoms with E-state index in [2.05, 4.69) is 25.1 Å². The third-order valence-corrected chi connectivity index (χ3v) is 8.23. The summed E-state index contributed by atoms with van der Waals surface area (Å²) in [6.07, 6.45) is 9.78. The van der Waals surface area contributed by atoms with Gasteiger partial charge in [-0.2, -0.15) is 0 Å². The maximum atomic E-state index is 12.5. The van der Waals surface area contributed by atoms with Crippen LogP contribution in [0.3, 0.4) is 0 Å². The number of aromatic nitrogens is 4. The van der Waals surface area contributed by atoms with E-state index in [1.54, 1.807) is 6.20 Å². The van der Waals surface area contributed by atoms with Gasteiger partial charge in [0.2, 0.25) is 5.91 Å². The number of nitrogens with two attached hydrogens (primary N) is 1. The van der Waals surface area contributed by atoms with Crippen LogP contribution in [0.25, 0.3) is 20.9 Å². The first-order valence-corrected chi connectivity index (χ1v) is 13.1. The number of hydrogen-bond donors (Lipinski definition) is 2. The van der Waals surface area contributed by atoms with Crippen molar-refractivity contribution < 1.29 is 9.53 Å². The molecule has 10 heteroatoms.